The maximum absolute atomic E-state index is 5.10. The minimum absolute atomic E-state index is 0.632. The predicted molar refractivity (Wildman–Crippen MR) is 58.2 cm³/mol. The Labute approximate surface area is 84.5 Å². The second-order valence-corrected chi connectivity index (χ2v) is 2.78. The molecule has 1 rings (SSSR count). The Morgan fingerprint density at radius 1 is 1.36 bits per heavy atom. The van der Waals surface area contributed by atoms with Crippen LogP contribution >= 0.6 is 0 Å². The molecule has 0 spiro atoms. The zero-order valence-electron chi connectivity index (χ0n) is 8.49. The van der Waals surface area contributed by atoms with Gasteiger partial charge >= 0.3 is 0 Å². The normalized spacial score (nSPS) is 10.1. The molecule has 0 saturated carbocycles. The summed E-state index contributed by atoms with van der Waals surface area (Å²) in [7, 11) is 3.25. The number of benzene rings is 1. The quantitative estimate of drug-likeness (QED) is 0.537. The van der Waals surface area contributed by atoms with Crippen LogP contribution in [0.3, 0.4) is 0 Å². The van der Waals surface area contributed by atoms with E-state index in [0.29, 0.717) is 5.76 Å². The monoisotopic (exact) mass is 190 g/mol. The maximum atomic E-state index is 5.10. The zero-order chi connectivity index (χ0) is 10.4. The fourth-order valence-corrected chi connectivity index (χ4v) is 1.00. The molecule has 0 aliphatic heterocycles. The molecule has 0 atom stereocenters. The van der Waals surface area contributed by atoms with Crippen LogP contribution in [0.5, 0.6) is 5.75 Å². The van der Waals surface area contributed by atoms with Crippen LogP contribution in [0.4, 0.5) is 0 Å². The zero-order valence-corrected chi connectivity index (χ0v) is 8.49. The average Bonchev–Trinajstić information content (AvgIpc) is 2.26. The van der Waals surface area contributed by atoms with E-state index in [1.165, 1.54) is 0 Å². The molecule has 0 heterocycles. The Morgan fingerprint density at radius 2 is 2.14 bits per heavy atom. The van der Waals surface area contributed by atoms with Crippen LogP contribution in [0.1, 0.15) is 5.56 Å². The maximum Gasteiger partial charge on any atom is 0.119 e. The molecule has 14 heavy (non-hydrogen) atoms. The lowest BCUT2D eigenvalue weighted by Gasteiger charge is -2.00. The minimum atomic E-state index is 0.632. The number of rotatable bonds is 4. The molecule has 0 aliphatic carbocycles. The van der Waals surface area contributed by atoms with Gasteiger partial charge in [-0.15, -0.1) is 0 Å². The fraction of sp³-hybridized carbons (Fsp3) is 0.167. The Balaban J connectivity index is 2.76. The number of allylic oxidation sites excluding steroid dienone is 1. The first kappa shape index (κ1) is 10.4. The summed E-state index contributed by atoms with van der Waals surface area (Å²) in [6.07, 6.45) is 3.74. The molecule has 1 aromatic carbocycles. The standard InChI is InChI=1S/C12H14O2/c1-10(13-2)7-8-11-5-4-6-12(9-11)14-3/h4-9H,1H2,2-3H3/b8-7+. The predicted octanol–water partition coefficient (Wildman–Crippen LogP) is 2.87. The molecule has 0 radical (unpaired) electrons. The molecule has 2 nitrogen and oxygen atoms in total. The van der Waals surface area contributed by atoms with Gasteiger partial charge in [-0.2, -0.15) is 0 Å². The van der Waals surface area contributed by atoms with Gasteiger partial charge in [0.25, 0.3) is 0 Å². The first-order valence-corrected chi connectivity index (χ1v) is 4.31. The van der Waals surface area contributed by atoms with Gasteiger partial charge in [-0.05, 0) is 23.8 Å². The molecule has 0 unspecified atom stereocenters. The molecule has 0 amide bonds. The SMILES string of the molecule is C=C(/C=C/c1cccc(OC)c1)OC. The molecule has 0 aliphatic rings. The van der Waals surface area contributed by atoms with Crippen molar-refractivity contribution in [2.45, 2.75) is 0 Å². The van der Waals surface area contributed by atoms with Crippen molar-refractivity contribution in [3.8, 4) is 5.75 Å². The number of ether oxygens (including phenoxy) is 2. The summed E-state index contributed by atoms with van der Waals surface area (Å²) in [5.41, 5.74) is 1.06. The van der Waals surface area contributed by atoms with Gasteiger partial charge < -0.3 is 9.47 Å². The van der Waals surface area contributed by atoms with Crippen LogP contribution in [-0.2, 0) is 4.74 Å². The topological polar surface area (TPSA) is 18.5 Å². The summed E-state index contributed by atoms with van der Waals surface area (Å²) in [5, 5.41) is 0. The molecule has 0 bridgehead atoms. The van der Waals surface area contributed by atoms with Gasteiger partial charge in [0, 0.05) is 0 Å². The van der Waals surface area contributed by atoms with E-state index in [0.717, 1.165) is 11.3 Å². The summed E-state index contributed by atoms with van der Waals surface area (Å²) in [4.78, 5) is 0. The van der Waals surface area contributed by atoms with E-state index in [9.17, 15) is 0 Å². The Hall–Kier alpha value is -1.70. The molecule has 0 aromatic heterocycles. The molecule has 2 heteroatoms. The van der Waals surface area contributed by atoms with Gasteiger partial charge in [0.05, 0.1) is 14.2 Å². The lowest BCUT2D eigenvalue weighted by molar-refractivity contribution is 0.309. The van der Waals surface area contributed by atoms with Crippen molar-refractivity contribution in [2.24, 2.45) is 0 Å². The molecular formula is C12H14O2. The number of hydrogen-bond donors (Lipinski definition) is 0. The van der Waals surface area contributed by atoms with Gasteiger partial charge in [-0.1, -0.05) is 24.8 Å². The highest BCUT2D eigenvalue weighted by molar-refractivity contribution is 5.53. The van der Waals surface area contributed by atoms with E-state index in [4.69, 9.17) is 9.47 Å². The van der Waals surface area contributed by atoms with Gasteiger partial charge in [-0.25, -0.2) is 0 Å². The molecular weight excluding hydrogens is 176 g/mol. The smallest absolute Gasteiger partial charge is 0.119 e. The van der Waals surface area contributed by atoms with Crippen LogP contribution in [0.25, 0.3) is 6.08 Å². The van der Waals surface area contributed by atoms with E-state index >= 15 is 0 Å². The summed E-state index contributed by atoms with van der Waals surface area (Å²) < 4.78 is 10.0. The van der Waals surface area contributed by atoms with E-state index in [2.05, 4.69) is 6.58 Å². The van der Waals surface area contributed by atoms with Crippen molar-refractivity contribution in [3.05, 3.63) is 48.2 Å². The summed E-state index contributed by atoms with van der Waals surface area (Å²) >= 11 is 0. The fourth-order valence-electron chi connectivity index (χ4n) is 1.00. The van der Waals surface area contributed by atoms with E-state index in [1.54, 1.807) is 14.2 Å². The second-order valence-electron chi connectivity index (χ2n) is 2.78. The van der Waals surface area contributed by atoms with Crippen molar-refractivity contribution in [1.82, 2.24) is 0 Å². The first-order chi connectivity index (χ1) is 6.76. The lowest BCUT2D eigenvalue weighted by atomic mass is 10.2. The summed E-state index contributed by atoms with van der Waals surface area (Å²) in [5.74, 6) is 1.47. The molecule has 74 valence electrons. The summed E-state index contributed by atoms with van der Waals surface area (Å²) in [6.45, 7) is 3.69. The average molecular weight is 190 g/mol. The molecule has 0 fully saturated rings. The molecule has 0 N–H and O–H groups in total. The van der Waals surface area contributed by atoms with E-state index < -0.39 is 0 Å². The highest BCUT2D eigenvalue weighted by atomic mass is 16.5. The third kappa shape index (κ3) is 2.98. The largest absolute Gasteiger partial charge is 0.497 e. The summed E-state index contributed by atoms with van der Waals surface area (Å²) in [6, 6.07) is 7.78. The first-order valence-electron chi connectivity index (χ1n) is 4.31. The third-order valence-corrected chi connectivity index (χ3v) is 1.82. The van der Waals surface area contributed by atoms with Crippen molar-refractivity contribution in [1.29, 1.82) is 0 Å². The Bertz CT molecular complexity index is 340. The van der Waals surface area contributed by atoms with Crippen molar-refractivity contribution >= 4 is 6.08 Å². The highest BCUT2D eigenvalue weighted by Gasteiger charge is 1.91. The molecule has 1 aromatic rings. The Morgan fingerprint density at radius 3 is 2.79 bits per heavy atom. The highest BCUT2D eigenvalue weighted by Crippen LogP contribution is 2.14. The van der Waals surface area contributed by atoms with Crippen LogP contribution < -0.4 is 4.74 Å². The van der Waals surface area contributed by atoms with Gasteiger partial charge in [0.1, 0.15) is 11.5 Å². The van der Waals surface area contributed by atoms with Crippen molar-refractivity contribution in [2.75, 3.05) is 14.2 Å². The lowest BCUT2D eigenvalue weighted by Crippen LogP contribution is -1.82. The van der Waals surface area contributed by atoms with Crippen molar-refractivity contribution < 1.29 is 9.47 Å². The van der Waals surface area contributed by atoms with Crippen LogP contribution in [-0.4, -0.2) is 14.2 Å². The molecule has 0 saturated heterocycles. The minimum Gasteiger partial charge on any atom is -0.497 e. The van der Waals surface area contributed by atoms with Gasteiger partial charge in [-0.3, -0.25) is 0 Å². The van der Waals surface area contributed by atoms with Crippen LogP contribution in [0.15, 0.2) is 42.7 Å². The van der Waals surface area contributed by atoms with Gasteiger partial charge in [0.2, 0.25) is 0 Å². The van der Waals surface area contributed by atoms with Gasteiger partial charge in [0.15, 0.2) is 0 Å². The van der Waals surface area contributed by atoms with Crippen LogP contribution in [0.2, 0.25) is 0 Å². The third-order valence-electron chi connectivity index (χ3n) is 1.82. The number of hydrogen-bond acceptors (Lipinski definition) is 2. The van der Waals surface area contributed by atoms with Crippen LogP contribution in [0, 0.1) is 0 Å². The Kier molecular flexibility index (Phi) is 3.80. The van der Waals surface area contributed by atoms with Crippen molar-refractivity contribution in [3.63, 3.8) is 0 Å². The number of methoxy groups -OCH3 is 2. The van der Waals surface area contributed by atoms with E-state index in [1.807, 2.05) is 36.4 Å². The second kappa shape index (κ2) is 5.12. The van der Waals surface area contributed by atoms with E-state index in [-0.39, 0.29) is 0 Å².